The van der Waals surface area contributed by atoms with Crippen LogP contribution in [0.1, 0.15) is 17.2 Å². The van der Waals surface area contributed by atoms with Crippen LogP contribution in [0.3, 0.4) is 0 Å². The number of aliphatic hydroxyl groups is 1. The summed E-state index contributed by atoms with van der Waals surface area (Å²) < 4.78 is 36.1. The first-order valence-corrected chi connectivity index (χ1v) is 11.5. The molecule has 1 atom stereocenters. The first kappa shape index (κ1) is 24.4. The maximum Gasteiger partial charge on any atom is 0.295 e. The summed E-state index contributed by atoms with van der Waals surface area (Å²) in [7, 11) is 2.16. The molecule has 3 rings (SSSR count). The largest absolute Gasteiger partial charge is 0.507 e. The molecule has 0 saturated carbocycles. The van der Waals surface area contributed by atoms with E-state index in [0.717, 1.165) is 4.31 Å². The summed E-state index contributed by atoms with van der Waals surface area (Å²) in [5, 5.41) is 11.1. The van der Waals surface area contributed by atoms with Crippen molar-refractivity contribution in [1.82, 2.24) is 9.21 Å². The summed E-state index contributed by atoms with van der Waals surface area (Å²) in [5.41, 5.74) is 0.705. The van der Waals surface area contributed by atoms with Crippen LogP contribution in [0, 0.1) is 0 Å². The van der Waals surface area contributed by atoms with E-state index in [4.69, 9.17) is 9.47 Å². The Hall–Kier alpha value is -3.21. The summed E-state index contributed by atoms with van der Waals surface area (Å²) in [6.07, 6.45) is 0. The standard InChI is InChI=1S/C23H26N2O7S/c1-24(2)33(29,30)18-10-8-15(9-11-18)21(26)19-20(16-6-5-7-17(14-16)32-4)25(12-13-31-3)23(28)22(19)27/h5-11,14,20,26H,12-13H2,1-4H3/b21-19+/t20-/m0/s1. The number of sulfonamides is 1. The average Bonchev–Trinajstić information content (AvgIpc) is 3.07. The normalized spacial score (nSPS) is 18.2. The predicted octanol–water partition coefficient (Wildman–Crippen LogP) is 2.01. The third-order valence-electron chi connectivity index (χ3n) is 5.39. The fourth-order valence-electron chi connectivity index (χ4n) is 3.61. The number of ketones is 1. The molecule has 0 aliphatic carbocycles. The molecule has 1 saturated heterocycles. The minimum Gasteiger partial charge on any atom is -0.507 e. The number of carbonyl (C=O) groups excluding carboxylic acids is 2. The molecule has 33 heavy (non-hydrogen) atoms. The average molecular weight is 475 g/mol. The highest BCUT2D eigenvalue weighted by Crippen LogP contribution is 2.40. The Labute approximate surface area is 192 Å². The Morgan fingerprint density at radius 3 is 2.33 bits per heavy atom. The number of hydrogen-bond donors (Lipinski definition) is 1. The van der Waals surface area contributed by atoms with Gasteiger partial charge in [0, 0.05) is 33.3 Å². The highest BCUT2D eigenvalue weighted by Gasteiger charge is 2.46. The molecule has 1 aliphatic heterocycles. The molecule has 9 nitrogen and oxygen atoms in total. The van der Waals surface area contributed by atoms with Crippen LogP contribution in [0.15, 0.2) is 59.0 Å². The van der Waals surface area contributed by atoms with E-state index in [0.29, 0.717) is 11.3 Å². The number of amides is 1. The van der Waals surface area contributed by atoms with Gasteiger partial charge in [0.1, 0.15) is 11.5 Å². The summed E-state index contributed by atoms with van der Waals surface area (Å²) in [6.45, 7) is 0.338. The first-order valence-electron chi connectivity index (χ1n) is 10.1. The third kappa shape index (κ3) is 4.63. The molecule has 2 aromatic carbocycles. The molecule has 10 heteroatoms. The quantitative estimate of drug-likeness (QED) is 0.354. The van der Waals surface area contributed by atoms with E-state index < -0.39 is 33.5 Å². The van der Waals surface area contributed by atoms with Gasteiger partial charge in [0.2, 0.25) is 10.0 Å². The number of rotatable bonds is 8. The Morgan fingerprint density at radius 2 is 1.76 bits per heavy atom. The van der Waals surface area contributed by atoms with Crippen molar-refractivity contribution >= 4 is 27.5 Å². The summed E-state index contributed by atoms with van der Waals surface area (Å²) >= 11 is 0. The fraction of sp³-hybridized carbons (Fsp3) is 0.304. The smallest absolute Gasteiger partial charge is 0.295 e. The van der Waals surface area contributed by atoms with Gasteiger partial charge in [0.15, 0.2) is 0 Å². The van der Waals surface area contributed by atoms with Gasteiger partial charge in [0.05, 0.1) is 30.2 Å². The van der Waals surface area contributed by atoms with Gasteiger partial charge >= 0.3 is 0 Å². The highest BCUT2D eigenvalue weighted by atomic mass is 32.2. The molecule has 2 aromatic rings. The molecule has 176 valence electrons. The van der Waals surface area contributed by atoms with E-state index in [9.17, 15) is 23.1 Å². The van der Waals surface area contributed by atoms with Crippen molar-refractivity contribution in [3.63, 3.8) is 0 Å². The lowest BCUT2D eigenvalue weighted by Gasteiger charge is -2.25. The number of ether oxygens (including phenoxy) is 2. The molecule has 1 N–H and O–H groups in total. The second-order valence-electron chi connectivity index (χ2n) is 7.57. The highest BCUT2D eigenvalue weighted by molar-refractivity contribution is 7.89. The zero-order valence-electron chi connectivity index (χ0n) is 18.8. The molecule has 1 aliphatic rings. The van der Waals surface area contributed by atoms with Crippen LogP contribution in [0.5, 0.6) is 5.75 Å². The number of hydrogen-bond acceptors (Lipinski definition) is 7. The lowest BCUT2D eigenvalue weighted by Crippen LogP contribution is -2.32. The van der Waals surface area contributed by atoms with Crippen LogP contribution in [0.4, 0.5) is 0 Å². The molecule has 0 bridgehead atoms. The maximum absolute atomic E-state index is 13.0. The molecular weight excluding hydrogens is 448 g/mol. The Kier molecular flexibility index (Phi) is 7.21. The number of aliphatic hydroxyl groups excluding tert-OH is 1. The first-order chi connectivity index (χ1) is 15.6. The molecule has 0 aromatic heterocycles. The molecule has 0 radical (unpaired) electrons. The third-order valence-corrected chi connectivity index (χ3v) is 7.22. The maximum atomic E-state index is 13.0. The van der Waals surface area contributed by atoms with Crippen molar-refractivity contribution in [2.45, 2.75) is 10.9 Å². The fourth-order valence-corrected chi connectivity index (χ4v) is 4.51. The van der Waals surface area contributed by atoms with Gasteiger partial charge in [-0.15, -0.1) is 0 Å². The van der Waals surface area contributed by atoms with Crippen molar-refractivity contribution in [3.05, 3.63) is 65.2 Å². The monoisotopic (exact) mass is 474 g/mol. The number of likely N-dealkylation sites (tertiary alicyclic amines) is 1. The zero-order chi connectivity index (χ0) is 24.3. The molecule has 1 fully saturated rings. The molecule has 1 amide bonds. The number of benzene rings is 2. The lowest BCUT2D eigenvalue weighted by molar-refractivity contribution is -0.140. The molecule has 1 heterocycles. The Bertz CT molecular complexity index is 1190. The summed E-state index contributed by atoms with van der Waals surface area (Å²) in [6, 6.07) is 11.5. The van der Waals surface area contributed by atoms with Gasteiger partial charge in [-0.05, 0) is 42.0 Å². The molecular formula is C23H26N2O7S. The van der Waals surface area contributed by atoms with Gasteiger partial charge in [-0.2, -0.15) is 0 Å². The van der Waals surface area contributed by atoms with Gasteiger partial charge in [-0.25, -0.2) is 12.7 Å². The number of nitrogens with zero attached hydrogens (tertiary/aromatic N) is 2. The molecule has 0 unspecified atom stereocenters. The van der Waals surface area contributed by atoms with E-state index in [-0.39, 0.29) is 29.2 Å². The van der Waals surface area contributed by atoms with Crippen molar-refractivity contribution < 1.29 is 32.6 Å². The number of methoxy groups -OCH3 is 2. The van der Waals surface area contributed by atoms with Crippen molar-refractivity contribution in [2.24, 2.45) is 0 Å². The number of Topliss-reactive ketones (excluding diaryl/α,β-unsaturated/α-hetero) is 1. The van der Waals surface area contributed by atoms with Gasteiger partial charge in [0.25, 0.3) is 11.7 Å². The van der Waals surface area contributed by atoms with Crippen LogP contribution in [0.2, 0.25) is 0 Å². The van der Waals surface area contributed by atoms with Gasteiger partial charge in [-0.3, -0.25) is 9.59 Å². The van der Waals surface area contributed by atoms with E-state index in [1.807, 2.05) is 0 Å². The molecule has 0 spiro atoms. The second kappa shape index (κ2) is 9.74. The predicted molar refractivity (Wildman–Crippen MR) is 121 cm³/mol. The van der Waals surface area contributed by atoms with E-state index in [2.05, 4.69) is 0 Å². The SMILES string of the molecule is COCCN1C(=O)C(=O)/C(=C(/O)c2ccc(S(=O)(=O)N(C)C)cc2)[C@@H]1c1cccc(OC)c1. The van der Waals surface area contributed by atoms with Crippen molar-refractivity contribution in [3.8, 4) is 5.75 Å². The number of carbonyl (C=O) groups is 2. The van der Waals surface area contributed by atoms with Crippen LogP contribution >= 0.6 is 0 Å². The topological polar surface area (TPSA) is 113 Å². The minimum atomic E-state index is -3.66. The van der Waals surface area contributed by atoms with Gasteiger partial charge in [-0.1, -0.05) is 12.1 Å². The van der Waals surface area contributed by atoms with Crippen molar-refractivity contribution in [2.75, 3.05) is 41.5 Å². The lowest BCUT2D eigenvalue weighted by atomic mass is 9.95. The summed E-state index contributed by atoms with van der Waals surface area (Å²) in [4.78, 5) is 27.2. The van der Waals surface area contributed by atoms with Crippen LogP contribution < -0.4 is 4.74 Å². The van der Waals surface area contributed by atoms with Gasteiger partial charge < -0.3 is 19.5 Å². The zero-order valence-corrected chi connectivity index (χ0v) is 19.6. The van der Waals surface area contributed by atoms with E-state index in [1.165, 1.54) is 57.5 Å². The Balaban J connectivity index is 2.14. The van der Waals surface area contributed by atoms with E-state index in [1.54, 1.807) is 24.3 Å². The van der Waals surface area contributed by atoms with Crippen LogP contribution in [0.25, 0.3) is 5.76 Å². The van der Waals surface area contributed by atoms with E-state index >= 15 is 0 Å². The summed E-state index contributed by atoms with van der Waals surface area (Å²) in [5.74, 6) is -1.45. The minimum absolute atomic E-state index is 0.0361. The van der Waals surface area contributed by atoms with Crippen LogP contribution in [-0.2, 0) is 24.3 Å². The van der Waals surface area contributed by atoms with Crippen LogP contribution in [-0.4, -0.2) is 75.9 Å². The Morgan fingerprint density at radius 1 is 1.09 bits per heavy atom. The van der Waals surface area contributed by atoms with Crippen molar-refractivity contribution in [1.29, 1.82) is 0 Å². The second-order valence-corrected chi connectivity index (χ2v) is 9.73.